The summed E-state index contributed by atoms with van der Waals surface area (Å²) in [5.74, 6) is -3.37. The first-order valence-electron chi connectivity index (χ1n) is 8.63. The van der Waals surface area contributed by atoms with E-state index in [1.807, 2.05) is 0 Å². The third-order valence-corrected chi connectivity index (χ3v) is 4.53. The number of hydrogen-bond donors (Lipinski definition) is 3. The minimum absolute atomic E-state index is 0.0553. The highest BCUT2D eigenvalue weighted by Gasteiger charge is 2.34. The van der Waals surface area contributed by atoms with Gasteiger partial charge in [-0.1, -0.05) is 17.3 Å². The molecule has 0 aliphatic rings. The van der Waals surface area contributed by atoms with Crippen molar-refractivity contribution < 1.29 is 37.0 Å². The van der Waals surface area contributed by atoms with Crippen LogP contribution < -0.4 is 10.5 Å². The second kappa shape index (κ2) is 8.13. The van der Waals surface area contributed by atoms with Gasteiger partial charge in [0.2, 0.25) is 0 Å². The van der Waals surface area contributed by atoms with E-state index in [4.69, 9.17) is 15.7 Å². The van der Waals surface area contributed by atoms with Gasteiger partial charge in [0.1, 0.15) is 11.6 Å². The van der Waals surface area contributed by atoms with Crippen molar-refractivity contribution in [1.82, 2.24) is 0 Å². The smallest absolute Gasteiger partial charge is 0.416 e. The van der Waals surface area contributed by atoms with Crippen LogP contribution in [0.2, 0.25) is 0 Å². The van der Waals surface area contributed by atoms with Crippen molar-refractivity contribution >= 4 is 5.84 Å². The molecule has 3 aromatic carbocycles. The summed E-state index contributed by atoms with van der Waals surface area (Å²) < 4.78 is 74.8. The standard InChI is InChI=1S/C21H15F5N2O3/c1-31-19-13(3-2-4-16(19)22)18-14(12-6-5-11(29)9-17(12)23)7-10(21(24,25)26)8-15(18)20(27)28-30/h2-9,29-30H,1H3,(H2,27,28). The summed E-state index contributed by atoms with van der Waals surface area (Å²) >= 11 is 0. The van der Waals surface area contributed by atoms with Gasteiger partial charge in [0, 0.05) is 28.3 Å². The molecule has 0 unspecified atom stereocenters. The summed E-state index contributed by atoms with van der Waals surface area (Å²) in [4.78, 5) is 0. The number of rotatable bonds is 4. The maximum atomic E-state index is 14.7. The molecule has 31 heavy (non-hydrogen) atoms. The number of amidine groups is 1. The molecule has 3 rings (SSSR count). The molecule has 0 fully saturated rings. The number of nitrogens with two attached hydrogens (primary N) is 1. The van der Waals surface area contributed by atoms with Crippen molar-refractivity contribution in [1.29, 1.82) is 0 Å². The number of para-hydroxylation sites is 1. The van der Waals surface area contributed by atoms with Gasteiger partial charge in [-0.15, -0.1) is 0 Å². The van der Waals surface area contributed by atoms with E-state index in [2.05, 4.69) is 5.16 Å². The first kappa shape index (κ1) is 21.9. The molecule has 0 spiro atoms. The van der Waals surface area contributed by atoms with Gasteiger partial charge in [-0.25, -0.2) is 8.78 Å². The number of phenols is 1. The molecule has 0 saturated carbocycles. The van der Waals surface area contributed by atoms with Crippen LogP contribution in [0.1, 0.15) is 11.1 Å². The van der Waals surface area contributed by atoms with Crippen molar-refractivity contribution in [2.45, 2.75) is 6.18 Å². The highest BCUT2D eigenvalue weighted by atomic mass is 19.4. The zero-order chi connectivity index (χ0) is 22.9. The molecular weight excluding hydrogens is 423 g/mol. The van der Waals surface area contributed by atoms with E-state index in [-0.39, 0.29) is 28.0 Å². The first-order valence-corrected chi connectivity index (χ1v) is 8.63. The van der Waals surface area contributed by atoms with E-state index in [1.54, 1.807) is 0 Å². The third-order valence-electron chi connectivity index (χ3n) is 4.53. The summed E-state index contributed by atoms with van der Waals surface area (Å²) in [6.45, 7) is 0. The van der Waals surface area contributed by atoms with Gasteiger partial charge in [0.05, 0.1) is 12.7 Å². The number of ether oxygens (including phenoxy) is 1. The van der Waals surface area contributed by atoms with Gasteiger partial charge < -0.3 is 20.8 Å². The van der Waals surface area contributed by atoms with Gasteiger partial charge in [-0.3, -0.25) is 0 Å². The molecule has 162 valence electrons. The predicted molar refractivity (Wildman–Crippen MR) is 103 cm³/mol. The molecule has 0 aliphatic carbocycles. The van der Waals surface area contributed by atoms with Gasteiger partial charge in [-0.2, -0.15) is 13.2 Å². The van der Waals surface area contributed by atoms with Crippen LogP contribution in [0, 0.1) is 11.6 Å². The maximum Gasteiger partial charge on any atom is 0.416 e. The number of aromatic hydroxyl groups is 1. The minimum atomic E-state index is -4.86. The van der Waals surface area contributed by atoms with Crippen molar-refractivity contribution in [3.05, 3.63) is 71.3 Å². The lowest BCUT2D eigenvalue weighted by atomic mass is 9.87. The molecule has 0 aliphatic heterocycles. The predicted octanol–water partition coefficient (Wildman–Crippen LogP) is 5.13. The fraction of sp³-hybridized carbons (Fsp3) is 0.0952. The molecule has 0 amide bonds. The van der Waals surface area contributed by atoms with E-state index >= 15 is 0 Å². The number of hydrogen-bond acceptors (Lipinski definition) is 4. The topological polar surface area (TPSA) is 88.1 Å². The van der Waals surface area contributed by atoms with Crippen LogP contribution in [0.15, 0.2) is 53.7 Å². The molecule has 0 radical (unpaired) electrons. The lowest BCUT2D eigenvalue weighted by Crippen LogP contribution is -2.17. The fourth-order valence-corrected chi connectivity index (χ4v) is 3.20. The highest BCUT2D eigenvalue weighted by Crippen LogP contribution is 2.44. The number of oxime groups is 1. The lowest BCUT2D eigenvalue weighted by Gasteiger charge is -2.20. The Hall–Kier alpha value is -3.82. The molecular formula is C21H15F5N2O3. The Bertz CT molecular complexity index is 1180. The number of methoxy groups -OCH3 is 1. The van der Waals surface area contributed by atoms with Gasteiger partial charge in [0.25, 0.3) is 0 Å². The van der Waals surface area contributed by atoms with Gasteiger partial charge >= 0.3 is 6.18 Å². The number of phenolic OH excluding ortho intramolecular Hbond substituents is 1. The molecule has 0 heterocycles. The van der Waals surface area contributed by atoms with E-state index < -0.39 is 40.5 Å². The summed E-state index contributed by atoms with van der Waals surface area (Å²) in [5.41, 5.74) is 3.12. The maximum absolute atomic E-state index is 14.7. The monoisotopic (exact) mass is 438 g/mol. The van der Waals surface area contributed by atoms with E-state index in [0.29, 0.717) is 18.2 Å². The molecule has 5 nitrogen and oxygen atoms in total. The van der Waals surface area contributed by atoms with Crippen molar-refractivity contribution in [2.75, 3.05) is 7.11 Å². The number of nitrogens with zero attached hydrogens (tertiary/aromatic N) is 1. The Morgan fingerprint density at radius 2 is 1.68 bits per heavy atom. The summed E-state index contributed by atoms with van der Waals surface area (Å²) in [6, 6.07) is 7.79. The highest BCUT2D eigenvalue weighted by molar-refractivity contribution is 6.07. The van der Waals surface area contributed by atoms with Crippen molar-refractivity contribution in [3.63, 3.8) is 0 Å². The molecule has 10 heteroatoms. The molecule has 0 bridgehead atoms. The number of benzene rings is 3. The van der Waals surface area contributed by atoms with E-state index in [9.17, 15) is 27.1 Å². The zero-order valence-electron chi connectivity index (χ0n) is 15.8. The van der Waals surface area contributed by atoms with Crippen LogP contribution in [0.3, 0.4) is 0 Å². The Balaban J connectivity index is 2.55. The molecule has 3 aromatic rings. The second-order valence-corrected chi connectivity index (χ2v) is 6.41. The van der Waals surface area contributed by atoms with Gasteiger partial charge in [0.15, 0.2) is 17.4 Å². The molecule has 0 aromatic heterocycles. The average molecular weight is 438 g/mol. The lowest BCUT2D eigenvalue weighted by molar-refractivity contribution is -0.137. The Labute approximate surface area is 172 Å². The fourth-order valence-electron chi connectivity index (χ4n) is 3.20. The van der Waals surface area contributed by atoms with Crippen LogP contribution >= 0.6 is 0 Å². The zero-order valence-corrected chi connectivity index (χ0v) is 15.8. The quantitative estimate of drug-likeness (QED) is 0.173. The largest absolute Gasteiger partial charge is 0.508 e. The summed E-state index contributed by atoms with van der Waals surface area (Å²) in [7, 11) is 1.15. The summed E-state index contributed by atoms with van der Waals surface area (Å²) in [6.07, 6.45) is -4.86. The van der Waals surface area contributed by atoms with Gasteiger partial charge in [-0.05, 0) is 35.9 Å². The van der Waals surface area contributed by atoms with Crippen LogP contribution in [-0.4, -0.2) is 23.3 Å². The van der Waals surface area contributed by atoms with Crippen LogP contribution in [0.25, 0.3) is 22.3 Å². The first-order chi connectivity index (χ1) is 14.6. The third kappa shape index (κ3) is 4.09. The van der Waals surface area contributed by atoms with E-state index in [1.165, 1.54) is 12.1 Å². The average Bonchev–Trinajstić information content (AvgIpc) is 2.71. The molecule has 0 atom stereocenters. The Morgan fingerprint density at radius 1 is 0.968 bits per heavy atom. The second-order valence-electron chi connectivity index (χ2n) is 6.41. The van der Waals surface area contributed by atoms with Crippen molar-refractivity contribution in [3.8, 4) is 33.8 Å². The van der Waals surface area contributed by atoms with Crippen LogP contribution in [0.5, 0.6) is 11.5 Å². The Kier molecular flexibility index (Phi) is 5.74. The van der Waals surface area contributed by atoms with Crippen LogP contribution in [0.4, 0.5) is 22.0 Å². The SMILES string of the molecule is COc1c(F)cccc1-c1c(C(N)=NO)cc(C(F)(F)F)cc1-c1ccc(O)cc1F. The number of alkyl halides is 3. The van der Waals surface area contributed by atoms with E-state index in [0.717, 1.165) is 25.3 Å². The Morgan fingerprint density at radius 3 is 2.26 bits per heavy atom. The summed E-state index contributed by atoms with van der Waals surface area (Å²) in [5, 5.41) is 21.4. The molecule has 0 saturated heterocycles. The number of halogens is 5. The van der Waals surface area contributed by atoms with Crippen LogP contribution in [-0.2, 0) is 6.18 Å². The van der Waals surface area contributed by atoms with Crippen molar-refractivity contribution in [2.24, 2.45) is 10.9 Å². The molecule has 4 N–H and O–H groups in total. The normalized spacial score (nSPS) is 12.1. The minimum Gasteiger partial charge on any atom is -0.508 e.